The Labute approximate surface area is 88.8 Å². The zero-order valence-electron chi connectivity index (χ0n) is 8.61. The van der Waals surface area contributed by atoms with Crippen molar-refractivity contribution in [2.75, 3.05) is 7.11 Å². The molecule has 0 unspecified atom stereocenters. The fraction of sp³-hybridized carbons (Fsp3) is 0.167. The van der Waals surface area contributed by atoms with E-state index in [9.17, 15) is 0 Å². The average Bonchev–Trinajstić information content (AvgIpc) is 2.30. The van der Waals surface area contributed by atoms with Gasteiger partial charge in [0.05, 0.1) is 7.11 Å². The van der Waals surface area contributed by atoms with Crippen molar-refractivity contribution < 1.29 is 4.74 Å². The van der Waals surface area contributed by atoms with E-state index in [0.29, 0.717) is 5.57 Å². The SMILES string of the molecule is COc1ccc(C(C)=C(C#N)C#N)cc1. The number of methoxy groups -OCH3 is 1. The summed E-state index contributed by atoms with van der Waals surface area (Å²) >= 11 is 0. The molecular formula is C12H10N2O. The number of nitriles is 2. The van der Waals surface area contributed by atoms with Crippen LogP contribution in [0.25, 0.3) is 5.57 Å². The van der Waals surface area contributed by atoms with Crippen molar-refractivity contribution in [3.63, 3.8) is 0 Å². The highest BCUT2D eigenvalue weighted by Crippen LogP contribution is 2.20. The summed E-state index contributed by atoms with van der Waals surface area (Å²) in [7, 11) is 1.59. The van der Waals surface area contributed by atoms with E-state index in [2.05, 4.69) is 0 Å². The van der Waals surface area contributed by atoms with Gasteiger partial charge in [-0.3, -0.25) is 0 Å². The van der Waals surface area contributed by atoms with Gasteiger partial charge in [-0.1, -0.05) is 12.1 Å². The van der Waals surface area contributed by atoms with Gasteiger partial charge >= 0.3 is 0 Å². The van der Waals surface area contributed by atoms with Crippen LogP contribution in [0.4, 0.5) is 0 Å². The highest BCUT2D eigenvalue weighted by Gasteiger charge is 2.03. The van der Waals surface area contributed by atoms with Crippen LogP contribution in [0.2, 0.25) is 0 Å². The molecule has 0 radical (unpaired) electrons. The lowest BCUT2D eigenvalue weighted by atomic mass is 10.0. The molecule has 0 saturated carbocycles. The standard InChI is InChI=1S/C12H10N2O/c1-9(11(7-13)8-14)10-3-5-12(15-2)6-4-10/h3-6H,1-2H3. The smallest absolute Gasteiger partial charge is 0.133 e. The Bertz CT molecular complexity index is 442. The van der Waals surface area contributed by atoms with Crippen LogP contribution in [0.3, 0.4) is 0 Å². The molecule has 3 heteroatoms. The molecule has 74 valence electrons. The normalized spacial score (nSPS) is 8.53. The van der Waals surface area contributed by atoms with Gasteiger partial charge in [0, 0.05) is 0 Å². The zero-order valence-corrected chi connectivity index (χ0v) is 8.61. The molecule has 0 atom stereocenters. The number of benzene rings is 1. The number of rotatable bonds is 2. The second-order valence-corrected chi connectivity index (χ2v) is 2.95. The zero-order chi connectivity index (χ0) is 11.3. The Morgan fingerprint density at radius 3 is 2.07 bits per heavy atom. The molecule has 0 aromatic heterocycles. The quantitative estimate of drug-likeness (QED) is 0.686. The molecule has 0 saturated heterocycles. The van der Waals surface area contributed by atoms with Crippen LogP contribution >= 0.6 is 0 Å². The molecule has 1 aromatic carbocycles. The van der Waals surface area contributed by atoms with Crippen LogP contribution in [0.15, 0.2) is 29.8 Å². The molecule has 1 rings (SSSR count). The molecule has 0 aliphatic heterocycles. The molecule has 0 spiro atoms. The van der Waals surface area contributed by atoms with Gasteiger partial charge < -0.3 is 4.74 Å². The first-order valence-corrected chi connectivity index (χ1v) is 4.38. The maximum absolute atomic E-state index is 8.70. The summed E-state index contributed by atoms with van der Waals surface area (Å²) in [6.45, 7) is 1.75. The molecule has 0 amide bonds. The second kappa shape index (κ2) is 4.83. The first-order valence-electron chi connectivity index (χ1n) is 4.38. The van der Waals surface area contributed by atoms with Gasteiger partial charge in [0.15, 0.2) is 0 Å². The van der Waals surface area contributed by atoms with Crippen molar-refractivity contribution in [3.05, 3.63) is 35.4 Å². The monoisotopic (exact) mass is 198 g/mol. The third kappa shape index (κ3) is 2.36. The molecule has 3 nitrogen and oxygen atoms in total. The number of ether oxygens (including phenoxy) is 1. The fourth-order valence-electron chi connectivity index (χ4n) is 1.18. The number of allylic oxidation sites excluding steroid dienone is 2. The fourth-order valence-corrected chi connectivity index (χ4v) is 1.18. The second-order valence-electron chi connectivity index (χ2n) is 2.95. The highest BCUT2D eigenvalue weighted by atomic mass is 16.5. The third-order valence-electron chi connectivity index (χ3n) is 2.12. The van der Waals surface area contributed by atoms with Gasteiger partial charge in [0.1, 0.15) is 23.5 Å². The van der Waals surface area contributed by atoms with Crippen LogP contribution in [-0.2, 0) is 0 Å². The van der Waals surface area contributed by atoms with Crippen LogP contribution in [0.5, 0.6) is 5.75 Å². The summed E-state index contributed by atoms with van der Waals surface area (Å²) < 4.78 is 5.02. The van der Waals surface area contributed by atoms with Crippen molar-refractivity contribution in [1.82, 2.24) is 0 Å². The Balaban J connectivity index is 3.14. The van der Waals surface area contributed by atoms with Crippen LogP contribution < -0.4 is 4.74 Å². The summed E-state index contributed by atoms with van der Waals surface area (Å²) in [6.07, 6.45) is 0. The van der Waals surface area contributed by atoms with Crippen LogP contribution in [-0.4, -0.2) is 7.11 Å². The van der Waals surface area contributed by atoms with Crippen molar-refractivity contribution >= 4 is 5.57 Å². The molecule has 0 bridgehead atoms. The number of hydrogen-bond donors (Lipinski definition) is 0. The van der Waals surface area contributed by atoms with Crippen LogP contribution in [0, 0.1) is 22.7 Å². The minimum atomic E-state index is 0.139. The van der Waals surface area contributed by atoms with Gasteiger partial charge in [-0.2, -0.15) is 10.5 Å². The summed E-state index contributed by atoms with van der Waals surface area (Å²) in [5, 5.41) is 17.4. The van der Waals surface area contributed by atoms with Crippen molar-refractivity contribution in [1.29, 1.82) is 10.5 Å². The van der Waals surface area contributed by atoms with E-state index in [1.807, 2.05) is 24.3 Å². The molecule has 0 N–H and O–H groups in total. The molecule has 0 aliphatic rings. The Morgan fingerprint density at radius 2 is 1.67 bits per heavy atom. The van der Waals surface area contributed by atoms with E-state index >= 15 is 0 Å². The molecule has 0 aliphatic carbocycles. The molecule has 1 aromatic rings. The van der Waals surface area contributed by atoms with E-state index < -0.39 is 0 Å². The van der Waals surface area contributed by atoms with E-state index in [4.69, 9.17) is 15.3 Å². The van der Waals surface area contributed by atoms with Gasteiger partial charge in [-0.15, -0.1) is 0 Å². The minimum Gasteiger partial charge on any atom is -0.497 e. The van der Waals surface area contributed by atoms with Crippen molar-refractivity contribution in [2.24, 2.45) is 0 Å². The first-order chi connectivity index (χ1) is 7.22. The molecule has 15 heavy (non-hydrogen) atoms. The van der Waals surface area contributed by atoms with Gasteiger partial charge in [-0.25, -0.2) is 0 Å². The molecule has 0 heterocycles. The highest BCUT2D eigenvalue weighted by molar-refractivity contribution is 5.73. The average molecular weight is 198 g/mol. The lowest BCUT2D eigenvalue weighted by molar-refractivity contribution is 0.415. The van der Waals surface area contributed by atoms with Gasteiger partial charge in [-0.05, 0) is 30.2 Å². The van der Waals surface area contributed by atoms with Gasteiger partial charge in [0.25, 0.3) is 0 Å². The molecular weight excluding hydrogens is 188 g/mol. The van der Waals surface area contributed by atoms with Crippen molar-refractivity contribution in [2.45, 2.75) is 6.92 Å². The lowest BCUT2D eigenvalue weighted by Crippen LogP contribution is -1.86. The Kier molecular flexibility index (Phi) is 3.49. The topological polar surface area (TPSA) is 56.8 Å². The Morgan fingerprint density at radius 1 is 1.13 bits per heavy atom. The maximum atomic E-state index is 8.70. The predicted molar refractivity (Wildman–Crippen MR) is 56.8 cm³/mol. The van der Waals surface area contributed by atoms with E-state index in [1.54, 1.807) is 26.2 Å². The van der Waals surface area contributed by atoms with Gasteiger partial charge in [0.2, 0.25) is 0 Å². The maximum Gasteiger partial charge on any atom is 0.133 e. The summed E-state index contributed by atoms with van der Waals surface area (Å²) in [5.41, 5.74) is 1.68. The Hall–Kier alpha value is -2.26. The van der Waals surface area contributed by atoms with E-state index in [-0.39, 0.29) is 5.57 Å². The molecule has 0 fully saturated rings. The van der Waals surface area contributed by atoms with Crippen LogP contribution in [0.1, 0.15) is 12.5 Å². The van der Waals surface area contributed by atoms with E-state index in [1.165, 1.54) is 0 Å². The summed E-state index contributed by atoms with van der Waals surface area (Å²) in [4.78, 5) is 0. The van der Waals surface area contributed by atoms with Crippen molar-refractivity contribution in [3.8, 4) is 17.9 Å². The first kappa shape index (κ1) is 10.8. The predicted octanol–water partition coefficient (Wildman–Crippen LogP) is 2.52. The lowest BCUT2D eigenvalue weighted by Gasteiger charge is -2.03. The summed E-state index contributed by atoms with van der Waals surface area (Å²) in [6, 6.07) is 11.0. The number of nitrogens with zero attached hydrogens (tertiary/aromatic N) is 2. The third-order valence-corrected chi connectivity index (χ3v) is 2.12. The minimum absolute atomic E-state index is 0.139. The van der Waals surface area contributed by atoms with E-state index in [0.717, 1.165) is 11.3 Å². The summed E-state index contributed by atoms with van der Waals surface area (Å²) in [5.74, 6) is 0.752. The number of hydrogen-bond acceptors (Lipinski definition) is 3. The largest absolute Gasteiger partial charge is 0.497 e.